The smallest absolute Gasteiger partial charge is 0.237 e. The van der Waals surface area contributed by atoms with Crippen LogP contribution in [0.1, 0.15) is 19.8 Å². The Balaban J connectivity index is 4.82. The van der Waals surface area contributed by atoms with Crippen LogP contribution in [0.2, 0.25) is 0 Å². The largest absolute Gasteiger partial charge is 0.327 e. The molecule has 0 fully saturated rings. The van der Waals surface area contributed by atoms with E-state index >= 15 is 0 Å². The van der Waals surface area contributed by atoms with E-state index < -0.39 is 18.9 Å². The highest BCUT2D eigenvalue weighted by molar-refractivity contribution is 7.60. The first-order valence-corrected chi connectivity index (χ1v) is 6.41. The topological polar surface area (TPSA) is 78.3 Å². The Kier molecular flexibility index (Phi) is 6.32. The summed E-state index contributed by atoms with van der Waals surface area (Å²) < 4.78 is 17.5. The number of nitrogens with two attached hydrogens (primary N) is 2. The lowest BCUT2D eigenvalue weighted by Gasteiger charge is -2.27. The maximum atomic E-state index is 12.3. The fourth-order valence-corrected chi connectivity index (χ4v) is 3.13. The third-order valence-corrected chi connectivity index (χ3v) is 4.79. The summed E-state index contributed by atoms with van der Waals surface area (Å²) in [5.41, 5.74) is 11.4. The Bertz CT molecular complexity index is 290. The van der Waals surface area contributed by atoms with E-state index in [2.05, 4.69) is 11.8 Å². The molecule has 4 N–H and O–H groups in total. The van der Waals surface area contributed by atoms with Crippen molar-refractivity contribution in [2.45, 2.75) is 31.3 Å². The van der Waals surface area contributed by atoms with Gasteiger partial charge in [0.05, 0.1) is 18.2 Å². The highest BCUT2D eigenvalue weighted by Crippen LogP contribution is 2.54. The second kappa shape index (κ2) is 6.67. The summed E-state index contributed by atoms with van der Waals surface area (Å²) in [6, 6.07) is 0. The Hall–Kier alpha value is -0.770. The molecule has 0 saturated heterocycles. The van der Waals surface area contributed by atoms with Gasteiger partial charge in [-0.25, -0.2) is 0 Å². The molecule has 15 heavy (non-hydrogen) atoms. The van der Waals surface area contributed by atoms with Crippen molar-refractivity contribution in [3.63, 3.8) is 0 Å². The van der Waals surface area contributed by atoms with E-state index in [9.17, 15) is 4.57 Å². The number of hydrogen-bond donors (Lipinski definition) is 2. The van der Waals surface area contributed by atoms with Crippen molar-refractivity contribution in [1.29, 1.82) is 0 Å². The monoisotopic (exact) mass is 228 g/mol. The second-order valence-electron chi connectivity index (χ2n) is 3.01. The maximum absolute atomic E-state index is 12.3. The molecule has 0 aromatic heterocycles. The van der Waals surface area contributed by atoms with Crippen LogP contribution < -0.4 is 11.5 Å². The van der Waals surface area contributed by atoms with Crippen molar-refractivity contribution < 1.29 is 9.09 Å². The highest BCUT2D eigenvalue weighted by atomic mass is 31.2. The molecule has 2 atom stereocenters. The molecule has 4 nitrogen and oxygen atoms in total. The number of rotatable bonds is 6. The lowest BCUT2D eigenvalue weighted by Crippen LogP contribution is -2.32. The summed E-state index contributed by atoms with van der Waals surface area (Å²) in [6.45, 7) is 1.99. The molecule has 84 valence electrons. The van der Waals surface area contributed by atoms with Crippen molar-refractivity contribution in [3.8, 4) is 24.7 Å². The third kappa shape index (κ3) is 3.70. The molecule has 0 bridgehead atoms. The van der Waals surface area contributed by atoms with Crippen LogP contribution in [0.15, 0.2) is 0 Å². The first kappa shape index (κ1) is 14.2. The molecule has 2 unspecified atom stereocenters. The van der Waals surface area contributed by atoms with Gasteiger partial charge in [0.25, 0.3) is 0 Å². The summed E-state index contributed by atoms with van der Waals surface area (Å²) in [5, 5.41) is 0. The first-order chi connectivity index (χ1) is 7.02. The zero-order valence-electron chi connectivity index (χ0n) is 8.85. The van der Waals surface area contributed by atoms with E-state index in [4.69, 9.17) is 28.8 Å². The van der Waals surface area contributed by atoms with Gasteiger partial charge in [-0.2, -0.15) is 0 Å². The Morgan fingerprint density at radius 1 is 1.27 bits per heavy atom. The van der Waals surface area contributed by atoms with Crippen molar-refractivity contribution in [2.24, 2.45) is 11.5 Å². The first-order valence-electron chi connectivity index (χ1n) is 4.64. The summed E-state index contributed by atoms with van der Waals surface area (Å²) in [4.78, 5) is 0. The molecule has 0 radical (unpaired) electrons. The minimum Gasteiger partial charge on any atom is -0.327 e. The number of hydrogen-bond acceptors (Lipinski definition) is 4. The van der Waals surface area contributed by atoms with Gasteiger partial charge in [-0.1, -0.05) is 0 Å². The van der Waals surface area contributed by atoms with E-state index in [1.165, 1.54) is 0 Å². The molecule has 0 heterocycles. The van der Waals surface area contributed by atoms with Gasteiger partial charge in [0.15, 0.2) is 0 Å². The van der Waals surface area contributed by atoms with E-state index in [1.54, 1.807) is 6.92 Å². The fraction of sp³-hybridized carbons (Fsp3) is 0.600. The Morgan fingerprint density at radius 3 is 1.93 bits per heavy atom. The quantitative estimate of drug-likeness (QED) is 0.523. The fourth-order valence-electron chi connectivity index (χ4n) is 1.14. The van der Waals surface area contributed by atoms with Gasteiger partial charge in [0, 0.05) is 12.8 Å². The summed E-state index contributed by atoms with van der Waals surface area (Å²) in [5.74, 6) is 3.20. The van der Waals surface area contributed by atoms with E-state index in [1.807, 2.05) is 0 Å². The average molecular weight is 228 g/mol. The molecule has 0 spiro atoms. The van der Waals surface area contributed by atoms with Gasteiger partial charge in [-0.3, -0.25) is 4.57 Å². The Morgan fingerprint density at radius 2 is 1.67 bits per heavy atom. The summed E-state index contributed by atoms with van der Waals surface area (Å²) in [6.07, 6.45) is 10.5. The molecule has 0 saturated carbocycles. The molecular formula is C10H17N2O2P. The van der Waals surface area contributed by atoms with Crippen molar-refractivity contribution in [2.75, 3.05) is 6.61 Å². The predicted molar refractivity (Wildman–Crippen MR) is 62.1 cm³/mol. The highest BCUT2D eigenvalue weighted by Gasteiger charge is 2.36. The maximum Gasteiger partial charge on any atom is 0.237 e. The van der Waals surface area contributed by atoms with Crippen molar-refractivity contribution in [1.82, 2.24) is 0 Å². The van der Waals surface area contributed by atoms with Crippen molar-refractivity contribution >= 4 is 7.37 Å². The molecule has 0 amide bonds. The molecule has 0 aliphatic rings. The summed E-state index contributed by atoms with van der Waals surface area (Å²) >= 11 is 0. The summed E-state index contributed by atoms with van der Waals surface area (Å²) in [7, 11) is -3.16. The number of terminal acetylenes is 2. The van der Waals surface area contributed by atoms with Crippen LogP contribution in [0.3, 0.4) is 0 Å². The zero-order chi connectivity index (χ0) is 11.9. The molecule has 0 rings (SSSR count). The average Bonchev–Trinajstić information content (AvgIpc) is 2.18. The zero-order valence-corrected chi connectivity index (χ0v) is 9.74. The second-order valence-corrected chi connectivity index (χ2v) is 5.89. The van der Waals surface area contributed by atoms with Crippen LogP contribution in [0, 0.1) is 24.7 Å². The molecule has 0 aromatic carbocycles. The SMILES string of the molecule is C#CCC(N)P(=O)(OCC)C(N)CC#C. The minimum atomic E-state index is -3.16. The molecular weight excluding hydrogens is 211 g/mol. The van der Waals surface area contributed by atoms with Crippen LogP contribution in [0.25, 0.3) is 0 Å². The minimum absolute atomic E-state index is 0.162. The molecule has 5 heteroatoms. The van der Waals surface area contributed by atoms with Crippen LogP contribution in [-0.2, 0) is 9.09 Å². The van der Waals surface area contributed by atoms with Gasteiger partial charge in [0.1, 0.15) is 0 Å². The van der Waals surface area contributed by atoms with Crippen LogP contribution in [0.5, 0.6) is 0 Å². The van der Waals surface area contributed by atoms with Crippen LogP contribution in [-0.4, -0.2) is 18.2 Å². The van der Waals surface area contributed by atoms with E-state index in [-0.39, 0.29) is 19.4 Å². The van der Waals surface area contributed by atoms with Crippen LogP contribution in [0.4, 0.5) is 0 Å². The molecule has 0 aliphatic heterocycles. The van der Waals surface area contributed by atoms with Gasteiger partial charge < -0.3 is 16.0 Å². The molecule has 0 aliphatic carbocycles. The standard InChI is InChI=1S/C10H17N2O2P/c1-4-7-9(11)15(13,14-6-3)10(12)8-5-2/h1-2,9-10H,6-8,11-12H2,3H3. The van der Waals surface area contributed by atoms with Crippen LogP contribution >= 0.6 is 7.37 Å². The third-order valence-electron chi connectivity index (χ3n) is 1.91. The predicted octanol–water partition coefficient (Wildman–Crippen LogP) is 0.917. The lowest BCUT2D eigenvalue weighted by molar-refractivity contribution is 0.317. The van der Waals surface area contributed by atoms with Gasteiger partial charge in [0.2, 0.25) is 7.37 Å². The normalized spacial score (nSPS) is 18.2. The van der Waals surface area contributed by atoms with E-state index in [0.29, 0.717) is 0 Å². The van der Waals surface area contributed by atoms with Gasteiger partial charge >= 0.3 is 0 Å². The lowest BCUT2D eigenvalue weighted by atomic mass is 10.4. The van der Waals surface area contributed by atoms with Crippen molar-refractivity contribution in [3.05, 3.63) is 0 Å². The van der Waals surface area contributed by atoms with E-state index in [0.717, 1.165) is 0 Å². The molecule has 0 aromatic rings. The Labute approximate surface area is 91.2 Å². The van der Waals surface area contributed by atoms with Gasteiger partial charge in [-0.15, -0.1) is 24.7 Å². The van der Waals surface area contributed by atoms with Gasteiger partial charge in [-0.05, 0) is 6.92 Å².